The Labute approximate surface area is 114 Å². The number of anilines is 1. The molecule has 1 atom stereocenters. The van der Waals surface area contributed by atoms with Gasteiger partial charge in [-0.15, -0.1) is 0 Å². The summed E-state index contributed by atoms with van der Waals surface area (Å²) in [6, 6.07) is 3.74. The van der Waals surface area contributed by atoms with Gasteiger partial charge in [-0.05, 0) is 13.0 Å². The highest BCUT2D eigenvalue weighted by Crippen LogP contribution is 2.25. The van der Waals surface area contributed by atoms with E-state index < -0.39 is 10.8 Å². The number of nitrogens with two attached hydrogens (primary N) is 1. The van der Waals surface area contributed by atoms with Crippen LogP contribution < -0.4 is 11.1 Å². The van der Waals surface area contributed by atoms with Crippen molar-refractivity contribution in [3.05, 3.63) is 52.1 Å². The highest BCUT2D eigenvalue weighted by atomic mass is 16.6. The van der Waals surface area contributed by atoms with Gasteiger partial charge in [0.05, 0.1) is 16.5 Å². The SMILES string of the molecule is CC(NC(=O)c1cccc([N+](=O)[O-])c1N)c1ncc[nH]1. The number of nitro benzene ring substituents is 1. The van der Waals surface area contributed by atoms with Crippen molar-refractivity contribution in [1.29, 1.82) is 0 Å². The van der Waals surface area contributed by atoms with Crippen molar-refractivity contribution in [2.45, 2.75) is 13.0 Å². The van der Waals surface area contributed by atoms with Crippen LogP contribution >= 0.6 is 0 Å². The fraction of sp³-hybridized carbons (Fsp3) is 0.167. The zero-order valence-electron chi connectivity index (χ0n) is 10.7. The average Bonchev–Trinajstić information content (AvgIpc) is 2.92. The maximum Gasteiger partial charge on any atom is 0.292 e. The van der Waals surface area contributed by atoms with E-state index in [1.165, 1.54) is 18.2 Å². The van der Waals surface area contributed by atoms with Gasteiger partial charge in [0, 0.05) is 18.5 Å². The van der Waals surface area contributed by atoms with Crippen LogP contribution in [0.4, 0.5) is 11.4 Å². The molecule has 1 heterocycles. The summed E-state index contributed by atoms with van der Waals surface area (Å²) in [6.45, 7) is 1.74. The predicted molar refractivity (Wildman–Crippen MR) is 72.0 cm³/mol. The van der Waals surface area contributed by atoms with Gasteiger partial charge >= 0.3 is 0 Å². The van der Waals surface area contributed by atoms with E-state index in [1.54, 1.807) is 19.3 Å². The lowest BCUT2D eigenvalue weighted by Gasteiger charge is -2.12. The number of para-hydroxylation sites is 1. The van der Waals surface area contributed by atoms with E-state index in [4.69, 9.17) is 5.73 Å². The fourth-order valence-corrected chi connectivity index (χ4v) is 1.77. The van der Waals surface area contributed by atoms with E-state index in [2.05, 4.69) is 15.3 Å². The number of amides is 1. The van der Waals surface area contributed by atoms with E-state index in [9.17, 15) is 14.9 Å². The lowest BCUT2D eigenvalue weighted by molar-refractivity contribution is -0.383. The van der Waals surface area contributed by atoms with Crippen molar-refractivity contribution in [3.63, 3.8) is 0 Å². The van der Waals surface area contributed by atoms with Crippen molar-refractivity contribution < 1.29 is 9.72 Å². The second-order valence-corrected chi connectivity index (χ2v) is 4.17. The van der Waals surface area contributed by atoms with Crippen LogP contribution in [0.25, 0.3) is 0 Å². The van der Waals surface area contributed by atoms with Gasteiger partial charge in [-0.25, -0.2) is 4.98 Å². The van der Waals surface area contributed by atoms with Gasteiger partial charge in [-0.2, -0.15) is 0 Å². The molecule has 0 fully saturated rings. The number of imidazole rings is 1. The summed E-state index contributed by atoms with van der Waals surface area (Å²) < 4.78 is 0. The van der Waals surface area contributed by atoms with Crippen LogP contribution in [-0.2, 0) is 0 Å². The summed E-state index contributed by atoms with van der Waals surface area (Å²) in [5.41, 5.74) is 5.28. The molecule has 0 saturated heterocycles. The monoisotopic (exact) mass is 275 g/mol. The van der Waals surface area contributed by atoms with E-state index in [-0.39, 0.29) is 23.0 Å². The first kappa shape index (κ1) is 13.5. The Morgan fingerprint density at radius 3 is 2.90 bits per heavy atom. The van der Waals surface area contributed by atoms with Crippen LogP contribution in [0.5, 0.6) is 0 Å². The number of carbonyl (C=O) groups is 1. The van der Waals surface area contributed by atoms with Crippen LogP contribution in [0.1, 0.15) is 29.1 Å². The highest BCUT2D eigenvalue weighted by molar-refractivity contribution is 6.01. The van der Waals surface area contributed by atoms with Crippen LogP contribution in [0, 0.1) is 10.1 Å². The van der Waals surface area contributed by atoms with Gasteiger partial charge in [0.25, 0.3) is 11.6 Å². The fourth-order valence-electron chi connectivity index (χ4n) is 1.77. The number of nitrogen functional groups attached to an aromatic ring is 1. The molecule has 0 aliphatic heterocycles. The van der Waals surface area contributed by atoms with Gasteiger partial charge in [0.2, 0.25) is 0 Å². The van der Waals surface area contributed by atoms with Gasteiger partial charge in [-0.3, -0.25) is 14.9 Å². The van der Waals surface area contributed by atoms with Crippen molar-refractivity contribution in [2.75, 3.05) is 5.73 Å². The normalized spacial score (nSPS) is 11.8. The van der Waals surface area contributed by atoms with Gasteiger partial charge in [0.1, 0.15) is 11.5 Å². The Bertz CT molecular complexity index is 639. The lowest BCUT2D eigenvalue weighted by Crippen LogP contribution is -2.28. The number of carbonyl (C=O) groups excluding carboxylic acids is 1. The molecule has 8 heteroatoms. The molecule has 0 saturated carbocycles. The quantitative estimate of drug-likeness (QED) is 0.441. The number of hydrogen-bond donors (Lipinski definition) is 3. The molecular formula is C12H13N5O3. The topological polar surface area (TPSA) is 127 Å². The first-order chi connectivity index (χ1) is 9.50. The first-order valence-corrected chi connectivity index (χ1v) is 5.83. The first-order valence-electron chi connectivity index (χ1n) is 5.83. The van der Waals surface area contributed by atoms with Crippen molar-refractivity contribution in [1.82, 2.24) is 15.3 Å². The number of hydrogen-bond acceptors (Lipinski definition) is 5. The molecule has 104 valence electrons. The van der Waals surface area contributed by atoms with E-state index in [0.717, 1.165) is 0 Å². The Morgan fingerprint density at radius 2 is 2.30 bits per heavy atom. The standard InChI is InChI=1S/C12H13N5O3/c1-7(11-14-5-6-15-11)16-12(18)8-3-2-4-9(10(8)13)17(19)20/h2-7H,13H2,1H3,(H,14,15)(H,16,18). The number of rotatable bonds is 4. The molecule has 0 aliphatic carbocycles. The van der Waals surface area contributed by atoms with E-state index in [0.29, 0.717) is 5.82 Å². The molecule has 20 heavy (non-hydrogen) atoms. The number of nitrogens with one attached hydrogen (secondary N) is 2. The molecule has 1 aromatic carbocycles. The summed E-state index contributed by atoms with van der Waals surface area (Å²) in [4.78, 5) is 29.1. The highest BCUT2D eigenvalue weighted by Gasteiger charge is 2.20. The number of benzene rings is 1. The molecular weight excluding hydrogens is 262 g/mol. The molecule has 1 unspecified atom stereocenters. The second-order valence-electron chi connectivity index (χ2n) is 4.17. The molecule has 8 nitrogen and oxygen atoms in total. The third-order valence-corrected chi connectivity index (χ3v) is 2.80. The minimum absolute atomic E-state index is 0.0672. The Morgan fingerprint density at radius 1 is 1.55 bits per heavy atom. The molecule has 0 radical (unpaired) electrons. The smallest absolute Gasteiger partial charge is 0.292 e. The summed E-state index contributed by atoms with van der Waals surface area (Å²) in [5, 5.41) is 13.5. The molecule has 1 amide bonds. The second kappa shape index (κ2) is 5.39. The molecule has 0 spiro atoms. The van der Waals surface area contributed by atoms with Crippen LogP contribution in [-0.4, -0.2) is 20.8 Å². The van der Waals surface area contributed by atoms with Crippen molar-refractivity contribution in [3.8, 4) is 0 Å². The zero-order chi connectivity index (χ0) is 14.7. The third-order valence-electron chi connectivity index (χ3n) is 2.80. The maximum atomic E-state index is 12.1. The number of H-pyrrole nitrogens is 1. The summed E-state index contributed by atoms with van der Waals surface area (Å²) >= 11 is 0. The van der Waals surface area contributed by atoms with Crippen LogP contribution in [0.15, 0.2) is 30.6 Å². The predicted octanol–water partition coefficient (Wildman–Crippen LogP) is 1.39. The Kier molecular flexibility index (Phi) is 3.65. The summed E-state index contributed by atoms with van der Waals surface area (Å²) in [5.74, 6) is 0.0949. The average molecular weight is 275 g/mol. The minimum Gasteiger partial charge on any atom is -0.393 e. The van der Waals surface area contributed by atoms with E-state index >= 15 is 0 Å². The Hall–Kier alpha value is -2.90. The molecule has 4 N–H and O–H groups in total. The Balaban J connectivity index is 2.22. The van der Waals surface area contributed by atoms with Gasteiger partial charge in [-0.1, -0.05) is 6.07 Å². The maximum absolute atomic E-state index is 12.1. The van der Waals surface area contributed by atoms with Crippen LogP contribution in [0.2, 0.25) is 0 Å². The minimum atomic E-state index is -0.623. The molecule has 2 aromatic rings. The molecule has 0 aliphatic rings. The lowest BCUT2D eigenvalue weighted by atomic mass is 10.1. The van der Waals surface area contributed by atoms with Gasteiger partial charge < -0.3 is 16.0 Å². The summed E-state index contributed by atoms with van der Waals surface area (Å²) in [7, 11) is 0. The van der Waals surface area contributed by atoms with Crippen molar-refractivity contribution >= 4 is 17.3 Å². The number of nitro groups is 1. The largest absolute Gasteiger partial charge is 0.393 e. The van der Waals surface area contributed by atoms with Crippen LogP contribution in [0.3, 0.4) is 0 Å². The van der Waals surface area contributed by atoms with Gasteiger partial charge in [0.15, 0.2) is 0 Å². The molecule has 2 rings (SSSR count). The molecule has 0 bridgehead atoms. The zero-order valence-corrected chi connectivity index (χ0v) is 10.7. The summed E-state index contributed by atoms with van der Waals surface area (Å²) in [6.07, 6.45) is 3.21. The number of aromatic amines is 1. The molecule has 1 aromatic heterocycles. The van der Waals surface area contributed by atoms with Crippen molar-refractivity contribution in [2.24, 2.45) is 0 Å². The van der Waals surface area contributed by atoms with E-state index in [1.807, 2.05) is 0 Å². The third kappa shape index (κ3) is 2.58. The number of aromatic nitrogens is 2. The number of nitrogens with zero attached hydrogens (tertiary/aromatic N) is 2.